The highest BCUT2D eigenvalue weighted by atomic mass is 16.1. The number of nitrogens with one attached hydrogen (secondary N) is 2. The average Bonchev–Trinajstić information content (AvgIpc) is 3.22. The number of benzene rings is 1. The van der Waals surface area contributed by atoms with Gasteiger partial charge in [-0.1, -0.05) is 30.3 Å². The van der Waals surface area contributed by atoms with Crippen molar-refractivity contribution < 1.29 is 4.79 Å². The second-order valence-corrected chi connectivity index (χ2v) is 9.55. The number of imidazole rings is 1. The van der Waals surface area contributed by atoms with E-state index < -0.39 is 0 Å². The van der Waals surface area contributed by atoms with E-state index in [0.717, 1.165) is 32.5 Å². The lowest BCUT2D eigenvalue weighted by molar-refractivity contribution is -0.119. The highest BCUT2D eigenvalue weighted by molar-refractivity contribution is 5.73. The van der Waals surface area contributed by atoms with Crippen molar-refractivity contribution in [3.63, 3.8) is 0 Å². The molecular weight excluding hydrogens is 386 g/mol. The predicted octanol–water partition coefficient (Wildman–Crippen LogP) is 3.27. The standard InChI is InChI=1S/C25H35N5O/c1-17-27-24-10-12-26-16-25(24)30(17)22-14-20-8-9-21(15-22)29(20)13-11-23(28-18(2)31)19-6-4-3-5-7-19/h3-7,20-23,26H,8-16H2,1-2H3,(H,28,31)/t20?,21?,22?,23-/m0/s1. The van der Waals surface area contributed by atoms with Crippen LogP contribution in [0, 0.1) is 6.92 Å². The Balaban J connectivity index is 1.27. The first-order chi connectivity index (χ1) is 15.1. The topological polar surface area (TPSA) is 62.2 Å². The van der Waals surface area contributed by atoms with Gasteiger partial charge in [0.2, 0.25) is 5.91 Å². The molecule has 0 saturated carbocycles. The maximum absolute atomic E-state index is 11.8. The Hall–Kier alpha value is -2.18. The lowest BCUT2D eigenvalue weighted by Crippen LogP contribution is -2.45. The fourth-order valence-electron chi connectivity index (χ4n) is 6.29. The molecule has 1 aromatic carbocycles. The average molecular weight is 422 g/mol. The molecule has 3 aliphatic rings. The quantitative estimate of drug-likeness (QED) is 0.752. The van der Waals surface area contributed by atoms with E-state index in [-0.39, 0.29) is 11.9 Å². The summed E-state index contributed by atoms with van der Waals surface area (Å²) in [5.41, 5.74) is 3.94. The molecule has 2 bridgehead atoms. The van der Waals surface area contributed by atoms with Crippen LogP contribution < -0.4 is 10.6 Å². The molecular formula is C25H35N5O. The second-order valence-electron chi connectivity index (χ2n) is 9.55. The summed E-state index contributed by atoms with van der Waals surface area (Å²) in [7, 11) is 0. The van der Waals surface area contributed by atoms with Crippen LogP contribution in [0.3, 0.4) is 0 Å². The van der Waals surface area contributed by atoms with Gasteiger partial charge in [-0.2, -0.15) is 0 Å². The number of hydrogen-bond acceptors (Lipinski definition) is 4. The van der Waals surface area contributed by atoms with Crippen LogP contribution >= 0.6 is 0 Å². The van der Waals surface area contributed by atoms with Crippen molar-refractivity contribution in [2.45, 2.75) is 83.1 Å². The number of fused-ring (bicyclic) bond motifs is 3. The molecule has 1 amide bonds. The fraction of sp³-hybridized carbons (Fsp3) is 0.600. The van der Waals surface area contributed by atoms with Crippen LogP contribution in [0.4, 0.5) is 0 Å². The number of amides is 1. The molecule has 2 aromatic rings. The van der Waals surface area contributed by atoms with Gasteiger partial charge in [-0.15, -0.1) is 0 Å². The van der Waals surface area contributed by atoms with E-state index in [1.165, 1.54) is 48.5 Å². The largest absolute Gasteiger partial charge is 0.349 e. The zero-order valence-corrected chi connectivity index (χ0v) is 18.8. The molecule has 6 nitrogen and oxygen atoms in total. The molecule has 0 aliphatic carbocycles. The third-order valence-corrected chi connectivity index (χ3v) is 7.58. The summed E-state index contributed by atoms with van der Waals surface area (Å²) in [4.78, 5) is 19.5. The Bertz CT molecular complexity index is 909. The molecule has 5 rings (SSSR count). The van der Waals surface area contributed by atoms with Crippen LogP contribution in [-0.4, -0.2) is 45.5 Å². The van der Waals surface area contributed by atoms with Gasteiger partial charge >= 0.3 is 0 Å². The minimum absolute atomic E-state index is 0.0458. The number of carbonyl (C=O) groups is 1. The lowest BCUT2D eigenvalue weighted by Gasteiger charge is -2.41. The summed E-state index contributed by atoms with van der Waals surface area (Å²) in [5.74, 6) is 1.24. The molecule has 6 heteroatoms. The lowest BCUT2D eigenvalue weighted by atomic mass is 9.95. The van der Waals surface area contributed by atoms with Gasteiger partial charge in [0.05, 0.1) is 17.4 Å². The van der Waals surface area contributed by atoms with Crippen LogP contribution in [0.2, 0.25) is 0 Å². The van der Waals surface area contributed by atoms with E-state index in [2.05, 4.69) is 51.3 Å². The van der Waals surface area contributed by atoms with Crippen molar-refractivity contribution in [3.05, 3.63) is 53.1 Å². The first-order valence-corrected chi connectivity index (χ1v) is 11.9. The zero-order chi connectivity index (χ0) is 21.4. The molecule has 3 atom stereocenters. The Kier molecular flexibility index (Phi) is 5.85. The predicted molar refractivity (Wildman–Crippen MR) is 122 cm³/mol. The van der Waals surface area contributed by atoms with Crippen molar-refractivity contribution in [2.75, 3.05) is 13.1 Å². The Morgan fingerprint density at radius 1 is 1.19 bits per heavy atom. The summed E-state index contributed by atoms with van der Waals surface area (Å²) < 4.78 is 2.56. The number of aromatic nitrogens is 2. The van der Waals surface area contributed by atoms with Gasteiger partial charge < -0.3 is 15.2 Å². The second kappa shape index (κ2) is 8.75. The van der Waals surface area contributed by atoms with Gasteiger partial charge in [-0.3, -0.25) is 9.69 Å². The molecule has 2 unspecified atom stereocenters. The maximum atomic E-state index is 11.8. The summed E-state index contributed by atoms with van der Waals surface area (Å²) in [6, 6.07) is 12.4. The van der Waals surface area contributed by atoms with E-state index in [9.17, 15) is 4.79 Å². The summed E-state index contributed by atoms with van der Waals surface area (Å²) >= 11 is 0. The molecule has 0 spiro atoms. The van der Waals surface area contributed by atoms with E-state index in [4.69, 9.17) is 4.98 Å². The zero-order valence-electron chi connectivity index (χ0n) is 18.8. The minimum Gasteiger partial charge on any atom is -0.349 e. The minimum atomic E-state index is 0.0458. The first kappa shape index (κ1) is 20.7. The van der Waals surface area contributed by atoms with Gasteiger partial charge in [-0.05, 0) is 44.6 Å². The van der Waals surface area contributed by atoms with Gasteiger partial charge in [0.25, 0.3) is 0 Å². The number of aryl methyl sites for hydroxylation is 1. The van der Waals surface area contributed by atoms with Crippen LogP contribution in [0.25, 0.3) is 0 Å². The Morgan fingerprint density at radius 3 is 2.65 bits per heavy atom. The number of rotatable bonds is 6. The fourth-order valence-corrected chi connectivity index (χ4v) is 6.29. The molecule has 31 heavy (non-hydrogen) atoms. The van der Waals surface area contributed by atoms with Gasteiger partial charge in [-0.25, -0.2) is 4.98 Å². The monoisotopic (exact) mass is 421 g/mol. The van der Waals surface area contributed by atoms with Crippen molar-refractivity contribution in [3.8, 4) is 0 Å². The third-order valence-electron chi connectivity index (χ3n) is 7.58. The molecule has 2 saturated heterocycles. The maximum Gasteiger partial charge on any atom is 0.217 e. The summed E-state index contributed by atoms with van der Waals surface area (Å²) in [6.07, 6.45) is 7.05. The number of piperidine rings is 1. The van der Waals surface area contributed by atoms with Gasteiger partial charge in [0.1, 0.15) is 5.82 Å². The number of hydrogen-bond donors (Lipinski definition) is 2. The molecule has 2 N–H and O–H groups in total. The van der Waals surface area contributed by atoms with Crippen LogP contribution in [-0.2, 0) is 17.8 Å². The number of nitrogens with zero attached hydrogens (tertiary/aromatic N) is 3. The summed E-state index contributed by atoms with van der Waals surface area (Å²) in [6.45, 7) is 6.86. The molecule has 4 heterocycles. The molecule has 1 aromatic heterocycles. The van der Waals surface area contributed by atoms with Gasteiger partial charge in [0.15, 0.2) is 0 Å². The highest BCUT2D eigenvalue weighted by Crippen LogP contribution is 2.42. The van der Waals surface area contributed by atoms with E-state index in [1.807, 2.05) is 6.07 Å². The summed E-state index contributed by atoms with van der Waals surface area (Å²) in [5, 5.41) is 6.71. The Morgan fingerprint density at radius 2 is 1.94 bits per heavy atom. The third kappa shape index (κ3) is 4.15. The first-order valence-electron chi connectivity index (χ1n) is 11.9. The molecule has 0 radical (unpaired) electrons. The van der Waals surface area contributed by atoms with E-state index in [0.29, 0.717) is 18.1 Å². The van der Waals surface area contributed by atoms with Crippen LogP contribution in [0.1, 0.15) is 73.9 Å². The normalized spacial score (nSPS) is 26.5. The van der Waals surface area contributed by atoms with Crippen molar-refractivity contribution in [1.82, 2.24) is 25.1 Å². The molecule has 166 valence electrons. The smallest absolute Gasteiger partial charge is 0.217 e. The van der Waals surface area contributed by atoms with Crippen LogP contribution in [0.15, 0.2) is 30.3 Å². The van der Waals surface area contributed by atoms with Crippen molar-refractivity contribution in [2.24, 2.45) is 0 Å². The van der Waals surface area contributed by atoms with Crippen LogP contribution in [0.5, 0.6) is 0 Å². The Labute approximate surface area is 185 Å². The van der Waals surface area contributed by atoms with E-state index in [1.54, 1.807) is 6.92 Å². The van der Waals surface area contributed by atoms with Crippen molar-refractivity contribution >= 4 is 5.91 Å². The SMILES string of the molecule is CC(=O)N[C@@H](CCN1C2CCC1CC(n1c(C)nc3c1CNCC3)C2)c1ccccc1. The molecule has 3 aliphatic heterocycles. The van der Waals surface area contributed by atoms with Crippen molar-refractivity contribution in [1.29, 1.82) is 0 Å². The van der Waals surface area contributed by atoms with E-state index >= 15 is 0 Å². The molecule has 2 fully saturated rings. The highest BCUT2D eigenvalue weighted by Gasteiger charge is 2.42. The van der Waals surface area contributed by atoms with Gasteiger partial charge in [0, 0.05) is 51.1 Å². The number of carbonyl (C=O) groups excluding carboxylic acids is 1.